The lowest BCUT2D eigenvalue weighted by atomic mass is 10.1. The number of hydrogen-bond acceptors (Lipinski definition) is 4. The Morgan fingerprint density at radius 3 is 2.50 bits per heavy atom. The number of ether oxygens (including phenoxy) is 2. The first kappa shape index (κ1) is 17.9. The number of urea groups is 1. The van der Waals surface area contributed by atoms with Gasteiger partial charge in [0.1, 0.15) is 0 Å². The van der Waals surface area contributed by atoms with Gasteiger partial charge in [0.25, 0.3) is 5.91 Å². The minimum atomic E-state index is -0.334. The summed E-state index contributed by atoms with van der Waals surface area (Å²) in [5, 5.41) is 5.82. The minimum Gasteiger partial charge on any atom is -0.493 e. The van der Waals surface area contributed by atoms with Crippen molar-refractivity contribution in [1.29, 1.82) is 0 Å². The van der Waals surface area contributed by atoms with Gasteiger partial charge < -0.3 is 20.1 Å². The van der Waals surface area contributed by atoms with Gasteiger partial charge in [-0.15, -0.1) is 0 Å². The fraction of sp³-hybridized carbons (Fsp3) is 0.222. The van der Waals surface area contributed by atoms with E-state index in [0.717, 1.165) is 5.69 Å². The molecule has 1 saturated heterocycles. The second kappa shape index (κ2) is 7.53. The summed E-state index contributed by atoms with van der Waals surface area (Å²) in [5.74, 6) is 0.416. The van der Waals surface area contributed by atoms with Crippen molar-refractivity contribution in [3.05, 3.63) is 47.0 Å². The number of nitrogens with one attached hydrogen (secondary N) is 2. The molecule has 0 atom stereocenters. The third-order valence-electron chi connectivity index (χ3n) is 3.99. The zero-order valence-corrected chi connectivity index (χ0v) is 15.1. The largest absolute Gasteiger partial charge is 0.493 e. The first-order valence-corrected chi connectivity index (χ1v) is 8.29. The molecule has 0 saturated carbocycles. The highest BCUT2D eigenvalue weighted by molar-refractivity contribution is 6.32. The SMILES string of the molecule is COc1cc(C(=O)Nc2ccc(N3CCNC3=O)cc2)cc(Cl)c1OC. The van der Waals surface area contributed by atoms with Crippen molar-refractivity contribution in [3.63, 3.8) is 0 Å². The monoisotopic (exact) mass is 375 g/mol. The summed E-state index contributed by atoms with van der Waals surface area (Å²) in [5.41, 5.74) is 1.71. The van der Waals surface area contributed by atoms with Gasteiger partial charge in [0.05, 0.1) is 19.2 Å². The summed E-state index contributed by atoms with van der Waals surface area (Å²) in [6.45, 7) is 1.24. The van der Waals surface area contributed by atoms with E-state index in [-0.39, 0.29) is 17.0 Å². The molecule has 1 aliphatic rings. The van der Waals surface area contributed by atoms with Crippen LogP contribution in [0.1, 0.15) is 10.4 Å². The zero-order chi connectivity index (χ0) is 18.7. The predicted octanol–water partition coefficient (Wildman–Crippen LogP) is 3.14. The maximum atomic E-state index is 12.5. The topological polar surface area (TPSA) is 79.9 Å². The molecule has 0 spiro atoms. The van der Waals surface area contributed by atoms with E-state index in [4.69, 9.17) is 21.1 Å². The van der Waals surface area contributed by atoms with Crippen LogP contribution in [0.15, 0.2) is 36.4 Å². The van der Waals surface area contributed by atoms with Gasteiger partial charge in [0, 0.05) is 30.0 Å². The molecule has 1 aliphatic heterocycles. The molecule has 0 unspecified atom stereocenters. The standard InChI is InChI=1S/C18H18ClN3O4/c1-25-15-10-11(9-14(19)16(15)26-2)17(23)21-12-3-5-13(6-4-12)22-8-7-20-18(22)24/h3-6,9-10H,7-8H2,1-2H3,(H,20,24)(H,21,23). The smallest absolute Gasteiger partial charge is 0.321 e. The van der Waals surface area contributed by atoms with Crippen LogP contribution >= 0.6 is 11.6 Å². The Labute approximate surface area is 155 Å². The number of carbonyl (C=O) groups is 2. The normalized spacial score (nSPS) is 13.3. The molecule has 8 heteroatoms. The second-order valence-corrected chi connectivity index (χ2v) is 5.99. The van der Waals surface area contributed by atoms with E-state index in [9.17, 15) is 9.59 Å². The van der Waals surface area contributed by atoms with Gasteiger partial charge in [0.2, 0.25) is 0 Å². The molecular formula is C18H18ClN3O4. The van der Waals surface area contributed by atoms with E-state index < -0.39 is 0 Å². The number of methoxy groups -OCH3 is 2. The van der Waals surface area contributed by atoms with Gasteiger partial charge in [-0.3, -0.25) is 9.69 Å². The maximum absolute atomic E-state index is 12.5. The average Bonchev–Trinajstić information content (AvgIpc) is 3.07. The summed E-state index contributed by atoms with van der Waals surface area (Å²) in [7, 11) is 2.95. The van der Waals surface area contributed by atoms with Crippen molar-refractivity contribution in [3.8, 4) is 11.5 Å². The Morgan fingerprint density at radius 2 is 1.92 bits per heavy atom. The Bertz CT molecular complexity index is 839. The number of rotatable bonds is 5. The van der Waals surface area contributed by atoms with Gasteiger partial charge in [-0.25, -0.2) is 4.79 Å². The van der Waals surface area contributed by atoms with Gasteiger partial charge in [-0.2, -0.15) is 0 Å². The second-order valence-electron chi connectivity index (χ2n) is 5.58. The Hall–Kier alpha value is -2.93. The third kappa shape index (κ3) is 3.52. The Balaban J connectivity index is 1.76. The average molecular weight is 376 g/mol. The molecule has 1 fully saturated rings. The van der Waals surface area contributed by atoms with Crippen LogP contribution in [-0.2, 0) is 0 Å². The van der Waals surface area contributed by atoms with Gasteiger partial charge >= 0.3 is 6.03 Å². The molecule has 3 rings (SSSR count). The number of benzene rings is 2. The minimum absolute atomic E-state index is 0.123. The first-order chi connectivity index (χ1) is 12.5. The van der Waals surface area contributed by atoms with Crippen LogP contribution in [0.2, 0.25) is 5.02 Å². The summed E-state index contributed by atoms with van der Waals surface area (Å²) < 4.78 is 10.4. The highest BCUT2D eigenvalue weighted by Crippen LogP contribution is 2.36. The van der Waals surface area contributed by atoms with Crippen LogP contribution < -0.4 is 25.0 Å². The van der Waals surface area contributed by atoms with E-state index in [1.807, 2.05) is 0 Å². The van der Waals surface area contributed by atoms with Crippen molar-refractivity contribution in [2.24, 2.45) is 0 Å². The quantitative estimate of drug-likeness (QED) is 0.841. The fourth-order valence-corrected chi connectivity index (χ4v) is 2.98. The van der Waals surface area contributed by atoms with Crippen LogP contribution in [0.4, 0.5) is 16.2 Å². The number of carbonyl (C=O) groups excluding carboxylic acids is 2. The first-order valence-electron chi connectivity index (χ1n) is 7.92. The third-order valence-corrected chi connectivity index (χ3v) is 4.27. The molecule has 26 heavy (non-hydrogen) atoms. The number of halogens is 1. The molecule has 0 radical (unpaired) electrons. The van der Waals surface area contributed by atoms with E-state index >= 15 is 0 Å². The molecule has 3 amide bonds. The van der Waals surface area contributed by atoms with E-state index in [1.54, 1.807) is 35.2 Å². The number of hydrogen-bond donors (Lipinski definition) is 2. The number of amides is 3. The van der Waals surface area contributed by atoms with Gasteiger partial charge in [-0.1, -0.05) is 11.6 Å². The molecule has 0 aromatic heterocycles. The van der Waals surface area contributed by atoms with Crippen molar-refractivity contribution < 1.29 is 19.1 Å². The molecule has 0 bridgehead atoms. The zero-order valence-electron chi connectivity index (χ0n) is 14.3. The van der Waals surface area contributed by atoms with Gasteiger partial charge in [-0.05, 0) is 36.4 Å². The lowest BCUT2D eigenvalue weighted by Crippen LogP contribution is -2.27. The van der Waals surface area contributed by atoms with Crippen LogP contribution in [0, 0.1) is 0 Å². The molecule has 1 heterocycles. The molecule has 2 N–H and O–H groups in total. The van der Waals surface area contributed by atoms with E-state index in [0.29, 0.717) is 35.8 Å². The predicted molar refractivity (Wildman–Crippen MR) is 99.7 cm³/mol. The van der Waals surface area contributed by atoms with E-state index in [2.05, 4.69) is 10.6 Å². The highest BCUT2D eigenvalue weighted by atomic mass is 35.5. The van der Waals surface area contributed by atoms with Crippen molar-refractivity contribution in [1.82, 2.24) is 5.32 Å². The Morgan fingerprint density at radius 1 is 1.19 bits per heavy atom. The summed E-state index contributed by atoms with van der Waals surface area (Å²) in [6.07, 6.45) is 0. The van der Waals surface area contributed by atoms with Crippen LogP contribution in [0.5, 0.6) is 11.5 Å². The summed E-state index contributed by atoms with van der Waals surface area (Å²) in [6, 6.07) is 9.98. The Kier molecular flexibility index (Phi) is 5.18. The molecule has 0 aliphatic carbocycles. The van der Waals surface area contributed by atoms with Crippen molar-refractivity contribution in [2.75, 3.05) is 37.5 Å². The van der Waals surface area contributed by atoms with E-state index in [1.165, 1.54) is 20.3 Å². The van der Waals surface area contributed by atoms with Crippen LogP contribution in [0.3, 0.4) is 0 Å². The highest BCUT2D eigenvalue weighted by Gasteiger charge is 2.21. The summed E-state index contributed by atoms with van der Waals surface area (Å²) >= 11 is 6.14. The van der Waals surface area contributed by atoms with Crippen LogP contribution in [-0.4, -0.2) is 39.2 Å². The number of nitrogens with zero attached hydrogens (tertiary/aromatic N) is 1. The lowest BCUT2D eigenvalue weighted by Gasteiger charge is -2.15. The maximum Gasteiger partial charge on any atom is 0.321 e. The lowest BCUT2D eigenvalue weighted by molar-refractivity contribution is 0.102. The molecule has 7 nitrogen and oxygen atoms in total. The molecule has 2 aromatic carbocycles. The van der Waals surface area contributed by atoms with Gasteiger partial charge in [0.15, 0.2) is 11.5 Å². The summed E-state index contributed by atoms with van der Waals surface area (Å²) in [4.78, 5) is 25.8. The van der Waals surface area contributed by atoms with Crippen molar-refractivity contribution >= 4 is 34.9 Å². The fourth-order valence-electron chi connectivity index (χ4n) is 2.69. The molecule has 2 aromatic rings. The van der Waals surface area contributed by atoms with Crippen molar-refractivity contribution in [2.45, 2.75) is 0 Å². The molecule has 136 valence electrons. The van der Waals surface area contributed by atoms with Crippen LogP contribution in [0.25, 0.3) is 0 Å². The number of anilines is 2. The molecular weight excluding hydrogens is 358 g/mol.